The molecule has 4 atom stereocenters. The summed E-state index contributed by atoms with van der Waals surface area (Å²) in [5, 5.41) is 19.2. The molecular formula is C20H34O8. The van der Waals surface area contributed by atoms with Crippen LogP contribution in [0.2, 0.25) is 0 Å². The first-order valence-electron chi connectivity index (χ1n) is 9.30. The molecule has 0 radical (unpaired) electrons. The third kappa shape index (κ3) is 13.4. The van der Waals surface area contributed by atoms with Crippen molar-refractivity contribution in [1.29, 1.82) is 0 Å². The molecule has 0 aliphatic rings. The largest absolute Gasteiger partial charge is 0.433 e. The molecule has 0 saturated heterocycles. The van der Waals surface area contributed by atoms with E-state index in [1.165, 1.54) is 13.8 Å². The Balaban J connectivity index is 4.17. The SMILES string of the molecule is C=C(C)COC(OC(=O)CCCCC(=O)OC(OCC(=C)C)C(C)O)C(C)O. The Labute approximate surface area is 167 Å². The molecule has 0 rings (SSSR count). The van der Waals surface area contributed by atoms with E-state index in [0.717, 1.165) is 11.1 Å². The summed E-state index contributed by atoms with van der Waals surface area (Å²) < 4.78 is 20.7. The molecule has 162 valence electrons. The monoisotopic (exact) mass is 402 g/mol. The minimum atomic E-state index is -1.06. The molecule has 0 heterocycles. The molecule has 0 aromatic carbocycles. The third-order valence-corrected chi connectivity index (χ3v) is 3.28. The van der Waals surface area contributed by atoms with Crippen LogP contribution in [0.4, 0.5) is 0 Å². The summed E-state index contributed by atoms with van der Waals surface area (Å²) in [6.07, 6.45) is -3.15. The van der Waals surface area contributed by atoms with Crippen LogP contribution in [-0.2, 0) is 28.5 Å². The fraction of sp³-hybridized carbons (Fsp3) is 0.700. The van der Waals surface area contributed by atoms with Crippen LogP contribution in [0, 0.1) is 0 Å². The molecule has 0 aromatic heterocycles. The van der Waals surface area contributed by atoms with E-state index in [2.05, 4.69) is 13.2 Å². The average Bonchev–Trinajstić information content (AvgIpc) is 2.58. The Morgan fingerprint density at radius 2 is 1.11 bits per heavy atom. The molecule has 0 aromatic rings. The van der Waals surface area contributed by atoms with Gasteiger partial charge in [-0.2, -0.15) is 0 Å². The van der Waals surface area contributed by atoms with Crippen LogP contribution < -0.4 is 0 Å². The van der Waals surface area contributed by atoms with Gasteiger partial charge >= 0.3 is 11.9 Å². The minimum absolute atomic E-state index is 0.0684. The standard InChI is InChI=1S/C20H34O8/c1-13(2)11-25-19(15(5)21)27-17(23)9-7-8-10-18(24)28-20(16(6)22)26-12-14(3)4/h15-16,19-22H,1,3,7-12H2,2,4-6H3. The van der Waals surface area contributed by atoms with Crippen molar-refractivity contribution in [3.63, 3.8) is 0 Å². The van der Waals surface area contributed by atoms with Gasteiger partial charge in [-0.3, -0.25) is 9.59 Å². The lowest BCUT2D eigenvalue weighted by Crippen LogP contribution is -2.32. The second kappa shape index (κ2) is 14.3. The zero-order chi connectivity index (χ0) is 21.7. The fourth-order valence-electron chi connectivity index (χ4n) is 1.91. The highest BCUT2D eigenvalue weighted by atomic mass is 16.7. The Hall–Kier alpha value is -1.74. The normalized spacial score (nSPS) is 15.2. The highest BCUT2D eigenvalue weighted by molar-refractivity contribution is 5.70. The molecule has 0 aliphatic heterocycles. The molecule has 28 heavy (non-hydrogen) atoms. The zero-order valence-corrected chi connectivity index (χ0v) is 17.3. The molecule has 0 aliphatic carbocycles. The molecule has 0 bridgehead atoms. The molecule has 0 spiro atoms. The number of rotatable bonds is 15. The molecule has 0 saturated carbocycles. The summed E-state index contributed by atoms with van der Waals surface area (Å²) in [6.45, 7) is 14.1. The molecule has 0 amide bonds. The minimum Gasteiger partial charge on any atom is -0.433 e. The van der Waals surface area contributed by atoms with Crippen LogP contribution in [0.25, 0.3) is 0 Å². The van der Waals surface area contributed by atoms with E-state index < -0.39 is 36.7 Å². The number of unbranched alkanes of at least 4 members (excludes halogenated alkanes) is 1. The number of ether oxygens (including phenoxy) is 4. The molecular weight excluding hydrogens is 368 g/mol. The van der Waals surface area contributed by atoms with Gasteiger partial charge < -0.3 is 29.2 Å². The Morgan fingerprint density at radius 1 is 0.786 bits per heavy atom. The Bertz CT molecular complexity index is 466. The maximum Gasteiger partial charge on any atom is 0.308 e. The van der Waals surface area contributed by atoms with E-state index in [1.54, 1.807) is 13.8 Å². The number of aliphatic hydroxyl groups excluding tert-OH is 2. The lowest BCUT2D eigenvalue weighted by Gasteiger charge is -2.21. The number of hydrogen-bond donors (Lipinski definition) is 2. The van der Waals surface area contributed by atoms with Gasteiger partial charge in [0, 0.05) is 12.8 Å². The van der Waals surface area contributed by atoms with E-state index >= 15 is 0 Å². The first-order valence-corrected chi connectivity index (χ1v) is 9.30. The van der Waals surface area contributed by atoms with E-state index in [0.29, 0.717) is 12.8 Å². The Kier molecular flexibility index (Phi) is 13.4. The van der Waals surface area contributed by atoms with Crippen molar-refractivity contribution in [2.75, 3.05) is 13.2 Å². The van der Waals surface area contributed by atoms with Gasteiger partial charge in [0.25, 0.3) is 0 Å². The second-order valence-electron chi connectivity index (χ2n) is 6.94. The average molecular weight is 402 g/mol. The summed E-state index contributed by atoms with van der Waals surface area (Å²) in [7, 11) is 0. The van der Waals surface area contributed by atoms with Crippen molar-refractivity contribution in [1.82, 2.24) is 0 Å². The van der Waals surface area contributed by atoms with E-state index in [9.17, 15) is 19.8 Å². The second-order valence-corrected chi connectivity index (χ2v) is 6.94. The van der Waals surface area contributed by atoms with Crippen LogP contribution in [0.5, 0.6) is 0 Å². The van der Waals surface area contributed by atoms with Gasteiger partial charge in [0.2, 0.25) is 12.6 Å². The van der Waals surface area contributed by atoms with Crippen molar-refractivity contribution >= 4 is 11.9 Å². The van der Waals surface area contributed by atoms with Crippen LogP contribution in [0.3, 0.4) is 0 Å². The third-order valence-electron chi connectivity index (χ3n) is 3.28. The quantitative estimate of drug-likeness (QED) is 0.186. The van der Waals surface area contributed by atoms with Crippen molar-refractivity contribution in [2.45, 2.75) is 78.2 Å². The number of aliphatic hydroxyl groups is 2. The topological polar surface area (TPSA) is 112 Å². The maximum absolute atomic E-state index is 11.9. The fourth-order valence-corrected chi connectivity index (χ4v) is 1.91. The van der Waals surface area contributed by atoms with E-state index in [1.807, 2.05) is 0 Å². The summed E-state index contributed by atoms with van der Waals surface area (Å²) in [4.78, 5) is 23.7. The summed E-state index contributed by atoms with van der Waals surface area (Å²) >= 11 is 0. The van der Waals surface area contributed by atoms with Gasteiger partial charge in [-0.15, -0.1) is 0 Å². The molecule has 8 nitrogen and oxygen atoms in total. The van der Waals surface area contributed by atoms with E-state index in [4.69, 9.17) is 18.9 Å². The van der Waals surface area contributed by atoms with Crippen LogP contribution in [0.1, 0.15) is 53.4 Å². The van der Waals surface area contributed by atoms with Crippen molar-refractivity contribution < 1.29 is 38.7 Å². The molecule has 8 heteroatoms. The Morgan fingerprint density at radius 3 is 1.36 bits per heavy atom. The number of hydrogen-bond acceptors (Lipinski definition) is 8. The maximum atomic E-state index is 11.9. The predicted molar refractivity (Wildman–Crippen MR) is 103 cm³/mol. The first kappa shape index (κ1) is 26.3. The van der Waals surface area contributed by atoms with Crippen LogP contribution >= 0.6 is 0 Å². The number of carbonyl (C=O) groups is 2. The van der Waals surface area contributed by atoms with Crippen molar-refractivity contribution in [3.8, 4) is 0 Å². The van der Waals surface area contributed by atoms with Gasteiger partial charge in [-0.1, -0.05) is 24.3 Å². The zero-order valence-electron chi connectivity index (χ0n) is 17.3. The van der Waals surface area contributed by atoms with Gasteiger partial charge in [0.15, 0.2) is 0 Å². The highest BCUT2D eigenvalue weighted by Crippen LogP contribution is 2.11. The van der Waals surface area contributed by atoms with Crippen molar-refractivity contribution in [3.05, 3.63) is 24.3 Å². The van der Waals surface area contributed by atoms with Crippen LogP contribution in [0.15, 0.2) is 24.3 Å². The lowest BCUT2D eigenvalue weighted by molar-refractivity contribution is -0.199. The molecule has 0 fully saturated rings. The summed E-state index contributed by atoms with van der Waals surface area (Å²) in [5.74, 6) is -1.07. The smallest absolute Gasteiger partial charge is 0.308 e. The van der Waals surface area contributed by atoms with E-state index in [-0.39, 0.29) is 26.1 Å². The predicted octanol–water partition coefficient (Wildman–Crippen LogP) is 2.23. The number of esters is 2. The van der Waals surface area contributed by atoms with Gasteiger partial charge in [0.05, 0.1) is 13.2 Å². The number of carbonyl (C=O) groups excluding carboxylic acids is 2. The van der Waals surface area contributed by atoms with Crippen LogP contribution in [-0.4, -0.2) is 60.2 Å². The van der Waals surface area contributed by atoms with Gasteiger partial charge in [-0.05, 0) is 40.5 Å². The highest BCUT2D eigenvalue weighted by Gasteiger charge is 2.22. The van der Waals surface area contributed by atoms with Gasteiger partial charge in [0.1, 0.15) is 12.2 Å². The molecule has 4 unspecified atom stereocenters. The lowest BCUT2D eigenvalue weighted by atomic mass is 10.2. The van der Waals surface area contributed by atoms with Crippen molar-refractivity contribution in [2.24, 2.45) is 0 Å². The molecule has 2 N–H and O–H groups in total. The first-order chi connectivity index (χ1) is 13.0. The van der Waals surface area contributed by atoms with Gasteiger partial charge in [-0.25, -0.2) is 0 Å². The summed E-state index contributed by atoms with van der Waals surface area (Å²) in [5.41, 5.74) is 1.48. The summed E-state index contributed by atoms with van der Waals surface area (Å²) in [6, 6.07) is 0.